The number of pyridine rings is 1. The van der Waals surface area contributed by atoms with Gasteiger partial charge < -0.3 is 10.1 Å². The Bertz CT molecular complexity index is 714. The molecular weight excluding hydrogens is 300 g/mol. The van der Waals surface area contributed by atoms with E-state index in [1.54, 1.807) is 7.11 Å². The molecule has 1 aliphatic heterocycles. The number of hydrogen-bond acceptors (Lipinski definition) is 4. The molecule has 1 aliphatic rings. The zero-order valence-electron chi connectivity index (χ0n) is 14.5. The normalized spacial score (nSPS) is 20.9. The number of fused-ring (bicyclic) bond motifs is 1. The van der Waals surface area contributed by atoms with Gasteiger partial charge in [-0.1, -0.05) is 31.5 Å². The van der Waals surface area contributed by atoms with Gasteiger partial charge in [-0.2, -0.15) is 0 Å². The first-order chi connectivity index (χ1) is 11.7. The van der Waals surface area contributed by atoms with E-state index in [2.05, 4.69) is 17.2 Å². The fourth-order valence-electron chi connectivity index (χ4n) is 3.77. The molecule has 0 spiro atoms. The van der Waals surface area contributed by atoms with Gasteiger partial charge in [0.25, 0.3) is 0 Å². The minimum atomic E-state index is 0.318. The number of nitrogens with one attached hydrogen (secondary N) is 1. The molecule has 0 aliphatic carbocycles. The lowest BCUT2D eigenvalue weighted by molar-refractivity contribution is -0.119. The molecule has 2 heterocycles. The molecule has 2 atom stereocenters. The Labute approximate surface area is 143 Å². The van der Waals surface area contributed by atoms with Gasteiger partial charge in [-0.3, -0.25) is 4.79 Å². The van der Waals surface area contributed by atoms with Crippen LogP contribution in [0.3, 0.4) is 0 Å². The second kappa shape index (κ2) is 7.75. The number of para-hydroxylation sites is 1. The summed E-state index contributed by atoms with van der Waals surface area (Å²) in [5, 5.41) is 4.49. The van der Waals surface area contributed by atoms with Crippen molar-refractivity contribution in [2.75, 3.05) is 20.2 Å². The van der Waals surface area contributed by atoms with Gasteiger partial charge in [0.05, 0.1) is 12.6 Å². The summed E-state index contributed by atoms with van der Waals surface area (Å²) in [6, 6.07) is 9.85. The summed E-state index contributed by atoms with van der Waals surface area (Å²) >= 11 is 0. The van der Waals surface area contributed by atoms with E-state index in [9.17, 15) is 4.79 Å². The highest BCUT2D eigenvalue weighted by Crippen LogP contribution is 2.27. The van der Waals surface area contributed by atoms with Crippen molar-refractivity contribution >= 4 is 16.7 Å². The number of rotatable bonds is 6. The lowest BCUT2D eigenvalue weighted by Crippen LogP contribution is -2.37. The van der Waals surface area contributed by atoms with E-state index in [0.717, 1.165) is 42.4 Å². The number of hydrogen-bond donors (Lipinski definition) is 1. The molecule has 24 heavy (non-hydrogen) atoms. The molecule has 4 heteroatoms. The molecule has 1 aromatic heterocycles. The van der Waals surface area contributed by atoms with Crippen LogP contribution in [0.1, 0.15) is 31.7 Å². The summed E-state index contributed by atoms with van der Waals surface area (Å²) in [4.78, 5) is 17.2. The Kier molecular flexibility index (Phi) is 5.46. The number of aromatic nitrogens is 1. The minimum Gasteiger partial charge on any atom is -0.481 e. The number of methoxy groups -OCH3 is 1. The lowest BCUT2D eigenvalue weighted by atomic mass is 9.80. The van der Waals surface area contributed by atoms with E-state index in [1.807, 2.05) is 30.3 Å². The molecule has 1 saturated heterocycles. The smallest absolute Gasteiger partial charge is 0.213 e. The molecule has 0 amide bonds. The number of benzene rings is 1. The van der Waals surface area contributed by atoms with Crippen molar-refractivity contribution in [3.05, 3.63) is 35.9 Å². The van der Waals surface area contributed by atoms with Crippen LogP contribution in [0, 0.1) is 11.8 Å². The van der Waals surface area contributed by atoms with Gasteiger partial charge in [-0.05, 0) is 43.0 Å². The van der Waals surface area contributed by atoms with Crippen molar-refractivity contribution in [2.45, 2.75) is 32.6 Å². The zero-order chi connectivity index (χ0) is 16.9. The second-order valence-electron chi connectivity index (χ2n) is 6.68. The number of Topliss-reactive ketones (excluding diaryl/α,β-unsaturated/α-hetero) is 1. The van der Waals surface area contributed by atoms with Crippen molar-refractivity contribution in [1.29, 1.82) is 0 Å². The summed E-state index contributed by atoms with van der Waals surface area (Å²) in [7, 11) is 1.61. The van der Waals surface area contributed by atoms with Crippen LogP contribution in [-0.2, 0) is 11.2 Å². The van der Waals surface area contributed by atoms with E-state index in [0.29, 0.717) is 36.3 Å². The maximum Gasteiger partial charge on any atom is 0.213 e. The highest BCUT2D eigenvalue weighted by Gasteiger charge is 2.25. The van der Waals surface area contributed by atoms with E-state index >= 15 is 0 Å². The molecule has 2 aromatic rings. The summed E-state index contributed by atoms with van der Waals surface area (Å²) < 4.78 is 5.30. The van der Waals surface area contributed by atoms with Crippen molar-refractivity contribution < 1.29 is 9.53 Å². The predicted octanol–water partition coefficient (Wildman–Crippen LogP) is 3.38. The Morgan fingerprint density at radius 2 is 2.17 bits per heavy atom. The lowest BCUT2D eigenvalue weighted by Gasteiger charge is -2.31. The van der Waals surface area contributed by atoms with Gasteiger partial charge in [0.15, 0.2) is 0 Å². The molecule has 1 fully saturated rings. The summed E-state index contributed by atoms with van der Waals surface area (Å²) in [6.45, 7) is 4.29. The van der Waals surface area contributed by atoms with E-state index in [4.69, 9.17) is 4.74 Å². The standard InChI is InChI=1S/C20H26N2O2/c1-3-14-13-21-9-8-15(14)10-17(23)11-16-12-20(24-2)22-19-7-5-4-6-18(16)19/h4-7,12,14-15,21H,3,8-11,13H2,1-2H3/t14-,15?/m1/s1. The molecule has 0 bridgehead atoms. The fourth-order valence-corrected chi connectivity index (χ4v) is 3.77. The van der Waals surface area contributed by atoms with E-state index < -0.39 is 0 Å². The van der Waals surface area contributed by atoms with Crippen LogP contribution in [0.5, 0.6) is 5.88 Å². The quantitative estimate of drug-likeness (QED) is 0.884. The molecular formula is C20H26N2O2. The monoisotopic (exact) mass is 326 g/mol. The molecule has 128 valence electrons. The minimum absolute atomic E-state index is 0.318. The van der Waals surface area contributed by atoms with Gasteiger partial charge in [0.1, 0.15) is 5.78 Å². The summed E-state index contributed by atoms with van der Waals surface area (Å²) in [6.07, 6.45) is 3.38. The number of nitrogens with zero attached hydrogens (tertiary/aromatic N) is 1. The number of ether oxygens (including phenoxy) is 1. The van der Waals surface area contributed by atoms with Gasteiger partial charge in [-0.25, -0.2) is 4.98 Å². The van der Waals surface area contributed by atoms with Crippen molar-refractivity contribution in [3.8, 4) is 5.88 Å². The van der Waals surface area contributed by atoms with Crippen LogP contribution in [0.15, 0.2) is 30.3 Å². The predicted molar refractivity (Wildman–Crippen MR) is 96.4 cm³/mol. The zero-order valence-corrected chi connectivity index (χ0v) is 14.5. The Balaban J connectivity index is 1.77. The first-order valence-corrected chi connectivity index (χ1v) is 8.86. The molecule has 4 nitrogen and oxygen atoms in total. The summed E-state index contributed by atoms with van der Waals surface area (Å²) in [5.41, 5.74) is 1.90. The first-order valence-electron chi connectivity index (χ1n) is 8.86. The SMILES string of the molecule is CC[C@@H]1CNCCC1CC(=O)Cc1cc(OC)nc2ccccc12. The van der Waals surface area contributed by atoms with Gasteiger partial charge in [0.2, 0.25) is 5.88 Å². The van der Waals surface area contributed by atoms with Gasteiger partial charge in [-0.15, -0.1) is 0 Å². The highest BCUT2D eigenvalue weighted by molar-refractivity contribution is 5.89. The third-order valence-corrected chi connectivity index (χ3v) is 5.15. The molecule has 1 unspecified atom stereocenters. The number of piperidine rings is 1. The van der Waals surface area contributed by atoms with E-state index in [1.165, 1.54) is 0 Å². The Morgan fingerprint density at radius 1 is 1.33 bits per heavy atom. The number of carbonyl (C=O) groups is 1. The maximum atomic E-state index is 12.7. The van der Waals surface area contributed by atoms with Crippen LogP contribution in [0.25, 0.3) is 10.9 Å². The molecule has 1 aromatic carbocycles. The summed E-state index contributed by atoms with van der Waals surface area (Å²) in [5.74, 6) is 2.02. The van der Waals surface area contributed by atoms with Crippen molar-refractivity contribution in [2.24, 2.45) is 11.8 Å². The highest BCUT2D eigenvalue weighted by atomic mass is 16.5. The Hall–Kier alpha value is -1.94. The Morgan fingerprint density at radius 3 is 2.96 bits per heavy atom. The van der Waals surface area contributed by atoms with Gasteiger partial charge >= 0.3 is 0 Å². The van der Waals surface area contributed by atoms with Crippen molar-refractivity contribution in [1.82, 2.24) is 10.3 Å². The van der Waals surface area contributed by atoms with Crippen molar-refractivity contribution in [3.63, 3.8) is 0 Å². The maximum absolute atomic E-state index is 12.7. The molecule has 0 saturated carbocycles. The molecule has 3 rings (SSSR count). The largest absolute Gasteiger partial charge is 0.481 e. The number of carbonyl (C=O) groups excluding carboxylic acids is 1. The van der Waals surface area contributed by atoms with E-state index in [-0.39, 0.29) is 0 Å². The fraction of sp³-hybridized carbons (Fsp3) is 0.500. The third-order valence-electron chi connectivity index (χ3n) is 5.15. The first kappa shape index (κ1) is 16.9. The van der Waals surface area contributed by atoms with Crippen LogP contribution >= 0.6 is 0 Å². The van der Waals surface area contributed by atoms with Crippen LogP contribution in [0.4, 0.5) is 0 Å². The van der Waals surface area contributed by atoms with Crippen LogP contribution in [-0.4, -0.2) is 31.0 Å². The number of ketones is 1. The van der Waals surface area contributed by atoms with Gasteiger partial charge in [0, 0.05) is 24.3 Å². The average molecular weight is 326 g/mol. The molecule has 0 radical (unpaired) electrons. The third kappa shape index (κ3) is 3.75. The topological polar surface area (TPSA) is 51.2 Å². The second-order valence-corrected chi connectivity index (χ2v) is 6.68. The van der Waals surface area contributed by atoms with Crippen LogP contribution in [0.2, 0.25) is 0 Å². The van der Waals surface area contributed by atoms with Crippen LogP contribution < -0.4 is 10.1 Å². The average Bonchev–Trinajstić information content (AvgIpc) is 2.62. The molecule has 1 N–H and O–H groups in total.